The first-order chi connectivity index (χ1) is 9.86. The van der Waals surface area contributed by atoms with Gasteiger partial charge in [0.25, 0.3) is 0 Å². The molecule has 0 spiro atoms. The maximum atomic E-state index is 5.81. The van der Waals surface area contributed by atoms with E-state index >= 15 is 0 Å². The van der Waals surface area contributed by atoms with Crippen LogP contribution in [0.15, 0.2) is 22.7 Å². The fourth-order valence-corrected chi connectivity index (χ4v) is 2.15. The lowest BCUT2D eigenvalue weighted by Gasteiger charge is -2.15. The predicted octanol–water partition coefficient (Wildman–Crippen LogP) is 3.20. The van der Waals surface area contributed by atoms with E-state index in [1.807, 2.05) is 32.3 Å². The van der Waals surface area contributed by atoms with Gasteiger partial charge < -0.3 is 15.4 Å². The van der Waals surface area contributed by atoms with E-state index in [-0.39, 0.29) is 12.0 Å². The van der Waals surface area contributed by atoms with Gasteiger partial charge in [0.1, 0.15) is 5.75 Å². The van der Waals surface area contributed by atoms with Crippen molar-refractivity contribution >= 4 is 27.8 Å². The lowest BCUT2D eigenvalue weighted by molar-refractivity contribution is 0.433. The first-order valence-corrected chi connectivity index (χ1v) is 7.32. The molecule has 0 amide bonds. The van der Waals surface area contributed by atoms with Gasteiger partial charge in [-0.15, -0.1) is 0 Å². The fourth-order valence-electron chi connectivity index (χ4n) is 1.77. The van der Waals surface area contributed by atoms with Crippen molar-refractivity contribution in [3.05, 3.63) is 28.2 Å². The molecular formula is C14H18BrN5O. The van der Waals surface area contributed by atoms with Crippen molar-refractivity contribution in [2.24, 2.45) is 0 Å². The Balaban J connectivity index is 2.38. The van der Waals surface area contributed by atoms with Gasteiger partial charge >= 0.3 is 6.01 Å². The van der Waals surface area contributed by atoms with Gasteiger partial charge in [-0.25, -0.2) is 0 Å². The van der Waals surface area contributed by atoms with Crippen LogP contribution in [0.5, 0.6) is 11.8 Å². The number of rotatable bonds is 4. The molecule has 7 heteroatoms. The maximum Gasteiger partial charge on any atom is 0.328 e. The van der Waals surface area contributed by atoms with E-state index in [9.17, 15) is 0 Å². The van der Waals surface area contributed by atoms with Crippen molar-refractivity contribution in [2.45, 2.75) is 19.8 Å². The number of hydrogen-bond donors (Lipinski definition) is 1. The molecule has 0 fully saturated rings. The minimum atomic E-state index is 0.131. The van der Waals surface area contributed by atoms with Crippen LogP contribution in [-0.2, 0) is 0 Å². The lowest BCUT2D eigenvalue weighted by atomic mass is 10.0. The van der Waals surface area contributed by atoms with Crippen LogP contribution in [-0.4, -0.2) is 29.0 Å². The monoisotopic (exact) mass is 351 g/mol. The highest BCUT2D eigenvalue weighted by atomic mass is 79.9. The van der Waals surface area contributed by atoms with Gasteiger partial charge in [0, 0.05) is 18.6 Å². The molecule has 0 saturated heterocycles. The first-order valence-electron chi connectivity index (χ1n) is 6.53. The van der Waals surface area contributed by atoms with Gasteiger partial charge in [-0.3, -0.25) is 0 Å². The fraction of sp³-hybridized carbons (Fsp3) is 0.357. The Morgan fingerprint density at radius 1 is 1.19 bits per heavy atom. The molecule has 2 rings (SSSR count). The molecule has 1 aromatic carbocycles. The minimum Gasteiger partial charge on any atom is -0.424 e. The number of nitrogens with two attached hydrogens (primary N) is 1. The summed E-state index contributed by atoms with van der Waals surface area (Å²) >= 11 is 3.47. The molecule has 0 aliphatic heterocycles. The zero-order valence-corrected chi connectivity index (χ0v) is 14.0. The molecule has 0 bridgehead atoms. The molecule has 112 valence electrons. The van der Waals surface area contributed by atoms with Gasteiger partial charge in [0.05, 0.1) is 0 Å². The minimum absolute atomic E-state index is 0.131. The van der Waals surface area contributed by atoms with E-state index in [1.165, 1.54) is 0 Å². The van der Waals surface area contributed by atoms with Crippen LogP contribution in [0.4, 0.5) is 11.9 Å². The average molecular weight is 352 g/mol. The average Bonchev–Trinajstić information content (AvgIpc) is 2.40. The molecule has 0 atom stereocenters. The zero-order chi connectivity index (χ0) is 15.6. The molecule has 2 aromatic rings. The number of nitrogen functional groups attached to an aromatic ring is 1. The molecule has 0 aliphatic rings. The first kappa shape index (κ1) is 15.5. The van der Waals surface area contributed by atoms with Crippen molar-refractivity contribution in [2.75, 3.05) is 24.7 Å². The summed E-state index contributed by atoms with van der Waals surface area (Å²) in [5.41, 5.74) is 6.76. The summed E-state index contributed by atoms with van der Waals surface area (Å²) in [7, 11) is 3.66. The van der Waals surface area contributed by atoms with Crippen LogP contribution in [0, 0.1) is 0 Å². The van der Waals surface area contributed by atoms with Gasteiger partial charge in [-0.2, -0.15) is 15.0 Å². The number of nitrogens with zero attached hydrogens (tertiary/aromatic N) is 4. The van der Waals surface area contributed by atoms with Gasteiger partial charge in [0.15, 0.2) is 0 Å². The number of anilines is 2. The molecule has 0 unspecified atom stereocenters. The second-order valence-electron chi connectivity index (χ2n) is 5.11. The summed E-state index contributed by atoms with van der Waals surface area (Å²) in [5.74, 6) is 1.61. The van der Waals surface area contributed by atoms with Crippen LogP contribution in [0.2, 0.25) is 0 Å². The Morgan fingerprint density at radius 2 is 1.90 bits per heavy atom. The van der Waals surface area contributed by atoms with E-state index in [0.29, 0.717) is 17.6 Å². The molecule has 1 aromatic heterocycles. The Hall–Kier alpha value is -1.89. The summed E-state index contributed by atoms with van der Waals surface area (Å²) in [5, 5.41) is 0. The summed E-state index contributed by atoms with van der Waals surface area (Å²) in [6, 6.07) is 6.01. The SMILES string of the molecule is CC(C)c1cc(Br)ccc1Oc1nc(N)nc(N(C)C)n1. The van der Waals surface area contributed by atoms with Gasteiger partial charge in [-0.1, -0.05) is 29.8 Å². The second-order valence-corrected chi connectivity index (χ2v) is 6.03. The Morgan fingerprint density at radius 3 is 2.52 bits per heavy atom. The third kappa shape index (κ3) is 3.81. The highest BCUT2D eigenvalue weighted by molar-refractivity contribution is 9.10. The molecule has 6 nitrogen and oxygen atoms in total. The van der Waals surface area contributed by atoms with Crippen LogP contribution in [0.25, 0.3) is 0 Å². The van der Waals surface area contributed by atoms with E-state index < -0.39 is 0 Å². The number of benzene rings is 1. The maximum absolute atomic E-state index is 5.81. The highest BCUT2D eigenvalue weighted by Gasteiger charge is 2.13. The summed E-state index contributed by atoms with van der Waals surface area (Å²) in [4.78, 5) is 14.1. The molecule has 2 N–H and O–H groups in total. The topological polar surface area (TPSA) is 77.2 Å². The Kier molecular flexibility index (Phi) is 4.62. The van der Waals surface area contributed by atoms with Crippen molar-refractivity contribution in [3.8, 4) is 11.8 Å². The van der Waals surface area contributed by atoms with E-state index in [2.05, 4.69) is 44.7 Å². The number of ether oxygens (including phenoxy) is 1. The molecule has 0 saturated carbocycles. The van der Waals surface area contributed by atoms with Crippen molar-refractivity contribution in [3.63, 3.8) is 0 Å². The highest BCUT2D eigenvalue weighted by Crippen LogP contribution is 2.32. The smallest absolute Gasteiger partial charge is 0.328 e. The summed E-state index contributed by atoms with van der Waals surface area (Å²) in [6.45, 7) is 4.20. The molecule has 21 heavy (non-hydrogen) atoms. The lowest BCUT2D eigenvalue weighted by Crippen LogP contribution is -2.15. The summed E-state index contributed by atoms with van der Waals surface area (Å²) < 4.78 is 6.81. The number of halogens is 1. The largest absolute Gasteiger partial charge is 0.424 e. The third-order valence-electron chi connectivity index (χ3n) is 2.82. The predicted molar refractivity (Wildman–Crippen MR) is 86.9 cm³/mol. The van der Waals surface area contributed by atoms with Gasteiger partial charge in [-0.05, 0) is 29.7 Å². The normalized spacial score (nSPS) is 10.8. The summed E-state index contributed by atoms with van der Waals surface area (Å²) in [6.07, 6.45) is 0. The quantitative estimate of drug-likeness (QED) is 0.911. The van der Waals surface area contributed by atoms with Crippen LogP contribution < -0.4 is 15.4 Å². The van der Waals surface area contributed by atoms with Crippen molar-refractivity contribution < 1.29 is 4.74 Å². The van der Waals surface area contributed by atoms with Crippen molar-refractivity contribution in [1.29, 1.82) is 0 Å². The van der Waals surface area contributed by atoms with Crippen LogP contribution in [0.3, 0.4) is 0 Å². The van der Waals surface area contributed by atoms with E-state index in [4.69, 9.17) is 10.5 Å². The van der Waals surface area contributed by atoms with E-state index in [1.54, 1.807) is 4.90 Å². The number of hydrogen-bond acceptors (Lipinski definition) is 6. The standard InChI is InChI=1S/C14H18BrN5O/c1-8(2)10-7-9(15)5-6-11(10)21-14-18-12(16)17-13(19-14)20(3)4/h5-8H,1-4H3,(H2,16,17,18,19). The Labute approximate surface area is 132 Å². The second kappa shape index (κ2) is 6.26. The number of aromatic nitrogens is 3. The van der Waals surface area contributed by atoms with Crippen LogP contribution >= 0.6 is 15.9 Å². The molecule has 0 aliphatic carbocycles. The Bertz CT molecular complexity index is 645. The molecule has 1 heterocycles. The van der Waals surface area contributed by atoms with Crippen LogP contribution in [0.1, 0.15) is 25.3 Å². The zero-order valence-electron chi connectivity index (χ0n) is 12.5. The van der Waals surface area contributed by atoms with Crippen molar-refractivity contribution in [1.82, 2.24) is 15.0 Å². The van der Waals surface area contributed by atoms with E-state index in [0.717, 1.165) is 10.0 Å². The molecule has 0 radical (unpaired) electrons. The third-order valence-corrected chi connectivity index (χ3v) is 3.31. The van der Waals surface area contributed by atoms with Gasteiger partial charge in [0.2, 0.25) is 11.9 Å². The molecular weight excluding hydrogens is 334 g/mol.